The van der Waals surface area contributed by atoms with E-state index in [4.69, 9.17) is 0 Å². The van der Waals surface area contributed by atoms with Crippen molar-refractivity contribution in [2.24, 2.45) is 5.92 Å². The highest BCUT2D eigenvalue weighted by Gasteiger charge is 2.20. The number of carbonyl (C=O) groups is 1. The van der Waals surface area contributed by atoms with Gasteiger partial charge in [0.15, 0.2) is 0 Å². The second kappa shape index (κ2) is 6.11. The maximum absolute atomic E-state index is 10.9. The average Bonchev–Trinajstić information content (AvgIpc) is 2.16. The molecule has 1 saturated carbocycles. The summed E-state index contributed by atoms with van der Waals surface area (Å²) in [7, 11) is 0. The third kappa shape index (κ3) is 5.17. The van der Waals surface area contributed by atoms with Crippen LogP contribution in [0.2, 0.25) is 0 Å². The lowest BCUT2D eigenvalue weighted by Gasteiger charge is -2.30. The predicted octanol–water partition coefficient (Wildman–Crippen LogP) is 1.68. The van der Waals surface area contributed by atoms with Gasteiger partial charge in [0.25, 0.3) is 0 Å². The highest BCUT2D eigenvalue weighted by atomic mass is 16.1. The van der Waals surface area contributed by atoms with Crippen LogP contribution in [0.15, 0.2) is 0 Å². The van der Waals surface area contributed by atoms with Crippen LogP contribution in [-0.2, 0) is 4.79 Å². The monoisotopic (exact) mass is 212 g/mol. The number of rotatable bonds is 4. The van der Waals surface area contributed by atoms with E-state index >= 15 is 0 Å². The molecule has 1 aliphatic carbocycles. The first-order valence-electron chi connectivity index (χ1n) is 6.08. The van der Waals surface area contributed by atoms with Gasteiger partial charge >= 0.3 is 0 Å². The quantitative estimate of drug-likeness (QED) is 0.744. The van der Waals surface area contributed by atoms with Gasteiger partial charge in [-0.25, -0.2) is 0 Å². The maximum atomic E-state index is 10.9. The Morgan fingerprint density at radius 3 is 2.20 bits per heavy atom. The van der Waals surface area contributed by atoms with Crippen molar-refractivity contribution in [2.45, 2.75) is 58.5 Å². The average molecular weight is 212 g/mol. The molecule has 15 heavy (non-hydrogen) atoms. The highest BCUT2D eigenvalue weighted by Crippen LogP contribution is 2.18. The van der Waals surface area contributed by atoms with Crippen LogP contribution in [0.25, 0.3) is 0 Å². The zero-order valence-corrected chi connectivity index (χ0v) is 10.2. The fraction of sp³-hybridized carbons (Fsp3) is 0.917. The van der Waals surface area contributed by atoms with Gasteiger partial charge in [0, 0.05) is 19.0 Å². The molecule has 0 aliphatic heterocycles. The Kier molecular flexibility index (Phi) is 5.09. The molecule has 2 N–H and O–H groups in total. The van der Waals surface area contributed by atoms with Crippen molar-refractivity contribution in [3.05, 3.63) is 0 Å². The molecule has 88 valence electrons. The summed E-state index contributed by atoms with van der Waals surface area (Å²) in [5, 5.41) is 6.58. The zero-order valence-electron chi connectivity index (χ0n) is 10.2. The molecule has 0 aromatic heterocycles. The highest BCUT2D eigenvalue weighted by molar-refractivity contribution is 5.73. The van der Waals surface area contributed by atoms with Crippen molar-refractivity contribution in [2.75, 3.05) is 6.54 Å². The molecule has 1 aliphatic rings. The van der Waals surface area contributed by atoms with Gasteiger partial charge < -0.3 is 10.6 Å². The fourth-order valence-electron chi connectivity index (χ4n) is 2.13. The number of amides is 1. The number of nitrogens with one attached hydrogen (secondary N) is 2. The molecule has 1 amide bonds. The topological polar surface area (TPSA) is 41.1 Å². The maximum Gasteiger partial charge on any atom is 0.217 e. The summed E-state index contributed by atoms with van der Waals surface area (Å²) in [6.45, 7) is 7.17. The van der Waals surface area contributed by atoms with Crippen LogP contribution in [0.1, 0.15) is 46.5 Å². The molecule has 0 radical (unpaired) electrons. The van der Waals surface area contributed by atoms with Gasteiger partial charge in [-0.2, -0.15) is 0 Å². The molecule has 3 nitrogen and oxygen atoms in total. The van der Waals surface area contributed by atoms with Crippen LogP contribution in [0.3, 0.4) is 0 Å². The first-order valence-corrected chi connectivity index (χ1v) is 6.08. The van der Waals surface area contributed by atoms with E-state index in [0.717, 1.165) is 25.3 Å². The van der Waals surface area contributed by atoms with E-state index in [1.165, 1.54) is 12.8 Å². The second-order valence-corrected chi connectivity index (χ2v) is 5.05. The summed E-state index contributed by atoms with van der Waals surface area (Å²) in [5.41, 5.74) is 0. The van der Waals surface area contributed by atoms with E-state index < -0.39 is 0 Å². The molecule has 0 bridgehead atoms. The summed E-state index contributed by atoms with van der Waals surface area (Å²) < 4.78 is 0. The largest absolute Gasteiger partial charge is 0.354 e. The Labute approximate surface area is 93.0 Å². The zero-order chi connectivity index (χ0) is 11.3. The Hall–Kier alpha value is -0.570. The molecule has 0 spiro atoms. The minimum atomic E-state index is 0.105. The number of hydrogen-bond donors (Lipinski definition) is 2. The van der Waals surface area contributed by atoms with E-state index in [9.17, 15) is 4.79 Å². The number of hydrogen-bond acceptors (Lipinski definition) is 2. The molecule has 3 heteroatoms. The minimum absolute atomic E-state index is 0.105. The molecule has 0 unspecified atom stereocenters. The SMILES string of the molecule is CC(=O)NC1CCC(NCC(C)C)CC1. The van der Waals surface area contributed by atoms with Gasteiger partial charge in [0.05, 0.1) is 0 Å². The van der Waals surface area contributed by atoms with Crippen molar-refractivity contribution < 1.29 is 4.79 Å². The Balaban J connectivity index is 2.15. The van der Waals surface area contributed by atoms with E-state index in [1.807, 2.05) is 0 Å². The Bertz CT molecular complexity index is 196. The van der Waals surface area contributed by atoms with Crippen molar-refractivity contribution in [1.82, 2.24) is 10.6 Å². The van der Waals surface area contributed by atoms with Crippen molar-refractivity contribution in [1.29, 1.82) is 0 Å². The third-order valence-electron chi connectivity index (χ3n) is 2.95. The molecule has 1 rings (SSSR count). The summed E-state index contributed by atoms with van der Waals surface area (Å²) in [5.74, 6) is 0.826. The van der Waals surface area contributed by atoms with Gasteiger partial charge in [-0.15, -0.1) is 0 Å². The van der Waals surface area contributed by atoms with Crippen LogP contribution >= 0.6 is 0 Å². The van der Waals surface area contributed by atoms with Gasteiger partial charge in [-0.05, 0) is 38.1 Å². The minimum Gasteiger partial charge on any atom is -0.354 e. The Morgan fingerprint density at radius 1 is 1.20 bits per heavy atom. The summed E-state index contributed by atoms with van der Waals surface area (Å²) in [6, 6.07) is 1.08. The van der Waals surface area contributed by atoms with Gasteiger partial charge in [-0.3, -0.25) is 4.79 Å². The first-order chi connectivity index (χ1) is 7.08. The van der Waals surface area contributed by atoms with Crippen LogP contribution in [0, 0.1) is 5.92 Å². The van der Waals surface area contributed by atoms with Gasteiger partial charge in [-0.1, -0.05) is 13.8 Å². The van der Waals surface area contributed by atoms with Crippen molar-refractivity contribution in [3.8, 4) is 0 Å². The standard InChI is InChI=1S/C12H24N2O/c1-9(2)8-13-11-4-6-12(7-5-11)14-10(3)15/h9,11-13H,4-8H2,1-3H3,(H,14,15). The molecular weight excluding hydrogens is 188 g/mol. The van der Waals surface area contributed by atoms with Crippen molar-refractivity contribution >= 4 is 5.91 Å². The normalized spacial score (nSPS) is 26.7. The summed E-state index contributed by atoms with van der Waals surface area (Å²) in [6.07, 6.45) is 4.63. The molecule has 1 fully saturated rings. The Morgan fingerprint density at radius 2 is 1.73 bits per heavy atom. The molecule has 0 atom stereocenters. The van der Waals surface area contributed by atoms with Crippen LogP contribution in [-0.4, -0.2) is 24.5 Å². The fourth-order valence-corrected chi connectivity index (χ4v) is 2.13. The smallest absolute Gasteiger partial charge is 0.217 e. The third-order valence-corrected chi connectivity index (χ3v) is 2.95. The second-order valence-electron chi connectivity index (χ2n) is 5.05. The van der Waals surface area contributed by atoms with E-state index in [1.54, 1.807) is 6.92 Å². The molecule has 0 saturated heterocycles. The van der Waals surface area contributed by atoms with Crippen LogP contribution in [0.4, 0.5) is 0 Å². The molecule has 0 heterocycles. The van der Waals surface area contributed by atoms with Gasteiger partial charge in [0.1, 0.15) is 0 Å². The van der Waals surface area contributed by atoms with Crippen LogP contribution < -0.4 is 10.6 Å². The van der Waals surface area contributed by atoms with E-state index in [0.29, 0.717) is 12.1 Å². The summed E-state index contributed by atoms with van der Waals surface area (Å²) >= 11 is 0. The molecule has 0 aromatic carbocycles. The molecular formula is C12H24N2O. The van der Waals surface area contributed by atoms with E-state index in [-0.39, 0.29) is 5.91 Å². The first kappa shape index (κ1) is 12.5. The lowest BCUT2D eigenvalue weighted by Crippen LogP contribution is -2.42. The lowest BCUT2D eigenvalue weighted by atomic mass is 9.91. The lowest BCUT2D eigenvalue weighted by molar-refractivity contribution is -0.119. The van der Waals surface area contributed by atoms with Crippen molar-refractivity contribution in [3.63, 3.8) is 0 Å². The predicted molar refractivity (Wildman–Crippen MR) is 62.7 cm³/mol. The van der Waals surface area contributed by atoms with E-state index in [2.05, 4.69) is 24.5 Å². The summed E-state index contributed by atoms with van der Waals surface area (Å²) in [4.78, 5) is 10.9. The van der Waals surface area contributed by atoms with Crippen LogP contribution in [0.5, 0.6) is 0 Å². The molecule has 0 aromatic rings. The number of carbonyl (C=O) groups excluding carboxylic acids is 1. The van der Waals surface area contributed by atoms with Gasteiger partial charge in [0.2, 0.25) is 5.91 Å².